The Morgan fingerprint density at radius 1 is 1.14 bits per heavy atom. The van der Waals surface area contributed by atoms with Crippen molar-refractivity contribution in [3.63, 3.8) is 0 Å². The lowest BCUT2D eigenvalue weighted by Crippen LogP contribution is -2.38. The van der Waals surface area contributed by atoms with Crippen molar-refractivity contribution in [3.05, 3.63) is 42.5 Å². The molecule has 0 radical (unpaired) electrons. The van der Waals surface area contributed by atoms with Crippen LogP contribution < -0.4 is 10.2 Å². The van der Waals surface area contributed by atoms with Gasteiger partial charge in [0.25, 0.3) is 0 Å². The van der Waals surface area contributed by atoms with Gasteiger partial charge < -0.3 is 15.0 Å². The van der Waals surface area contributed by atoms with Crippen LogP contribution in [0.25, 0.3) is 10.8 Å². The summed E-state index contributed by atoms with van der Waals surface area (Å²) in [5, 5.41) is 4.80. The molecule has 0 aromatic heterocycles. The van der Waals surface area contributed by atoms with Gasteiger partial charge >= 0.3 is 5.97 Å². The number of methoxy groups -OCH3 is 1. The van der Waals surface area contributed by atoms with E-state index in [0.717, 1.165) is 16.5 Å². The molecule has 21 heavy (non-hydrogen) atoms. The molecule has 0 aliphatic carbocycles. The van der Waals surface area contributed by atoms with Crippen molar-refractivity contribution in [2.75, 3.05) is 32.1 Å². The van der Waals surface area contributed by atoms with Crippen LogP contribution in [-0.4, -0.2) is 39.1 Å². The molecule has 0 spiro atoms. The summed E-state index contributed by atoms with van der Waals surface area (Å²) in [5.41, 5.74) is 0.946. The first-order chi connectivity index (χ1) is 10.1. The van der Waals surface area contributed by atoms with E-state index in [2.05, 4.69) is 10.1 Å². The fourth-order valence-electron chi connectivity index (χ4n) is 2.02. The Morgan fingerprint density at radius 3 is 2.57 bits per heavy atom. The van der Waals surface area contributed by atoms with Gasteiger partial charge in [-0.25, -0.2) is 0 Å². The number of anilines is 1. The van der Waals surface area contributed by atoms with Gasteiger partial charge in [0.05, 0.1) is 13.7 Å². The summed E-state index contributed by atoms with van der Waals surface area (Å²) in [4.78, 5) is 24.6. The quantitative estimate of drug-likeness (QED) is 0.848. The normalized spacial score (nSPS) is 10.2. The number of rotatable bonds is 5. The van der Waals surface area contributed by atoms with Crippen molar-refractivity contribution in [3.8, 4) is 0 Å². The zero-order chi connectivity index (χ0) is 15.2. The first-order valence-electron chi connectivity index (χ1n) is 6.63. The van der Waals surface area contributed by atoms with Crippen molar-refractivity contribution in [2.24, 2.45) is 0 Å². The minimum absolute atomic E-state index is 0.110. The number of fused-ring (bicyclic) bond motifs is 1. The van der Waals surface area contributed by atoms with Gasteiger partial charge in [-0.2, -0.15) is 0 Å². The first-order valence-corrected chi connectivity index (χ1v) is 6.63. The van der Waals surface area contributed by atoms with Crippen molar-refractivity contribution < 1.29 is 14.3 Å². The maximum absolute atomic E-state index is 11.8. The molecule has 0 unspecified atom stereocenters. The number of esters is 1. The van der Waals surface area contributed by atoms with Gasteiger partial charge in [0.1, 0.15) is 6.54 Å². The average Bonchev–Trinajstić information content (AvgIpc) is 2.52. The largest absolute Gasteiger partial charge is 0.468 e. The molecule has 0 fully saturated rings. The van der Waals surface area contributed by atoms with Crippen LogP contribution in [0.2, 0.25) is 0 Å². The lowest BCUT2D eigenvalue weighted by molar-refractivity contribution is -0.141. The van der Waals surface area contributed by atoms with Crippen molar-refractivity contribution in [2.45, 2.75) is 0 Å². The first kappa shape index (κ1) is 14.8. The molecule has 0 atom stereocenters. The van der Waals surface area contributed by atoms with E-state index in [4.69, 9.17) is 0 Å². The zero-order valence-electron chi connectivity index (χ0n) is 12.1. The van der Waals surface area contributed by atoms with Crippen LogP contribution in [-0.2, 0) is 14.3 Å². The van der Waals surface area contributed by atoms with Crippen molar-refractivity contribution in [1.29, 1.82) is 0 Å². The van der Waals surface area contributed by atoms with Crippen LogP contribution in [0.4, 0.5) is 5.69 Å². The van der Waals surface area contributed by atoms with Crippen LogP contribution in [0.3, 0.4) is 0 Å². The summed E-state index contributed by atoms with van der Waals surface area (Å²) in [6.07, 6.45) is 0. The Hall–Kier alpha value is -2.56. The Labute approximate surface area is 123 Å². The highest BCUT2D eigenvalue weighted by atomic mass is 16.5. The predicted molar refractivity (Wildman–Crippen MR) is 82.2 cm³/mol. The number of hydrogen-bond acceptors (Lipinski definition) is 4. The lowest BCUT2D eigenvalue weighted by atomic mass is 10.1. The van der Waals surface area contributed by atoms with E-state index in [1.54, 1.807) is 0 Å². The molecule has 0 saturated heterocycles. The molecule has 0 saturated carbocycles. The Balaban J connectivity index is 1.99. The summed E-state index contributed by atoms with van der Waals surface area (Å²) >= 11 is 0. The third-order valence-electron chi connectivity index (χ3n) is 3.21. The van der Waals surface area contributed by atoms with Crippen LogP contribution in [0.1, 0.15) is 0 Å². The van der Waals surface area contributed by atoms with Gasteiger partial charge in [0.2, 0.25) is 5.91 Å². The topological polar surface area (TPSA) is 58.6 Å². The second kappa shape index (κ2) is 6.74. The second-order valence-electron chi connectivity index (χ2n) is 4.74. The van der Waals surface area contributed by atoms with E-state index >= 15 is 0 Å². The standard InChI is InChI=1S/C16H18N2O3/c1-18(11-15(19)17-10-16(20)21-2)14-8-7-12-5-3-4-6-13(12)9-14/h3-9H,10-11H2,1-2H3,(H,17,19). The fourth-order valence-corrected chi connectivity index (χ4v) is 2.02. The summed E-state index contributed by atoms with van der Waals surface area (Å²) < 4.78 is 4.47. The molecule has 110 valence electrons. The smallest absolute Gasteiger partial charge is 0.325 e. The molecule has 0 aliphatic heterocycles. The van der Waals surface area contributed by atoms with E-state index in [9.17, 15) is 9.59 Å². The Kier molecular flexibility index (Phi) is 4.77. The molecule has 1 amide bonds. The molecule has 2 rings (SSSR count). The SMILES string of the molecule is COC(=O)CNC(=O)CN(C)c1ccc2ccccc2c1. The maximum Gasteiger partial charge on any atom is 0.325 e. The number of nitrogens with one attached hydrogen (secondary N) is 1. The lowest BCUT2D eigenvalue weighted by Gasteiger charge is -2.19. The zero-order valence-corrected chi connectivity index (χ0v) is 12.1. The molecule has 2 aromatic carbocycles. The van der Waals surface area contributed by atoms with E-state index < -0.39 is 5.97 Å². The molecule has 1 N–H and O–H groups in total. The number of hydrogen-bond donors (Lipinski definition) is 1. The number of amides is 1. The van der Waals surface area contributed by atoms with Gasteiger partial charge in [-0.15, -0.1) is 0 Å². The van der Waals surface area contributed by atoms with Crippen LogP contribution in [0.5, 0.6) is 0 Å². The van der Waals surface area contributed by atoms with Gasteiger partial charge in [-0.05, 0) is 22.9 Å². The molecular weight excluding hydrogens is 268 g/mol. The monoisotopic (exact) mass is 286 g/mol. The summed E-state index contributed by atoms with van der Waals surface area (Å²) in [7, 11) is 3.12. The third kappa shape index (κ3) is 3.95. The average molecular weight is 286 g/mol. The van der Waals surface area contributed by atoms with Crippen molar-refractivity contribution in [1.82, 2.24) is 5.32 Å². The van der Waals surface area contributed by atoms with Crippen LogP contribution in [0.15, 0.2) is 42.5 Å². The number of benzene rings is 2. The fraction of sp³-hybridized carbons (Fsp3) is 0.250. The number of nitrogens with zero attached hydrogens (tertiary/aromatic N) is 1. The van der Waals surface area contributed by atoms with Gasteiger partial charge in [-0.1, -0.05) is 30.3 Å². The Bertz CT molecular complexity index is 655. The summed E-state index contributed by atoms with van der Waals surface area (Å²) in [6, 6.07) is 14.1. The van der Waals surface area contributed by atoms with E-state index in [-0.39, 0.29) is 19.0 Å². The van der Waals surface area contributed by atoms with E-state index in [1.807, 2.05) is 54.4 Å². The predicted octanol–water partition coefficient (Wildman–Crippen LogP) is 1.57. The molecular formula is C16H18N2O3. The number of carbonyl (C=O) groups excluding carboxylic acids is 2. The maximum atomic E-state index is 11.8. The third-order valence-corrected chi connectivity index (χ3v) is 3.21. The van der Waals surface area contributed by atoms with Gasteiger partial charge in [-0.3, -0.25) is 9.59 Å². The van der Waals surface area contributed by atoms with Crippen molar-refractivity contribution >= 4 is 28.3 Å². The van der Waals surface area contributed by atoms with E-state index in [0.29, 0.717) is 0 Å². The minimum atomic E-state index is -0.461. The highest BCUT2D eigenvalue weighted by molar-refractivity contribution is 5.88. The molecule has 0 aliphatic rings. The summed E-state index contributed by atoms with van der Waals surface area (Å²) in [6.45, 7) is 0.0657. The van der Waals surface area contributed by atoms with Gasteiger partial charge in [0.15, 0.2) is 0 Å². The van der Waals surface area contributed by atoms with Crippen LogP contribution >= 0.6 is 0 Å². The minimum Gasteiger partial charge on any atom is -0.468 e. The highest BCUT2D eigenvalue weighted by Crippen LogP contribution is 2.20. The molecule has 0 bridgehead atoms. The second-order valence-corrected chi connectivity index (χ2v) is 4.74. The molecule has 2 aromatic rings. The molecule has 0 heterocycles. The Morgan fingerprint density at radius 2 is 1.86 bits per heavy atom. The van der Waals surface area contributed by atoms with E-state index in [1.165, 1.54) is 7.11 Å². The summed E-state index contributed by atoms with van der Waals surface area (Å²) in [5.74, 6) is -0.687. The van der Waals surface area contributed by atoms with Gasteiger partial charge in [0, 0.05) is 12.7 Å². The number of carbonyl (C=O) groups is 2. The highest BCUT2D eigenvalue weighted by Gasteiger charge is 2.09. The van der Waals surface area contributed by atoms with Crippen LogP contribution in [0, 0.1) is 0 Å². The molecule has 5 nitrogen and oxygen atoms in total. The molecule has 5 heteroatoms. The number of ether oxygens (including phenoxy) is 1. The number of likely N-dealkylation sites (N-methyl/N-ethyl adjacent to an activating group) is 1.